The van der Waals surface area contributed by atoms with Crippen molar-refractivity contribution in [2.24, 2.45) is 0 Å². The van der Waals surface area contributed by atoms with E-state index in [0.29, 0.717) is 32.4 Å². The van der Waals surface area contributed by atoms with Crippen molar-refractivity contribution in [1.29, 1.82) is 0 Å². The molecule has 1 aromatic rings. The van der Waals surface area contributed by atoms with Gasteiger partial charge in [-0.15, -0.1) is 0 Å². The molecule has 1 heterocycles. The number of likely N-dealkylation sites (tertiary alicyclic amines) is 1. The predicted molar refractivity (Wildman–Crippen MR) is 86.1 cm³/mol. The van der Waals surface area contributed by atoms with Crippen LogP contribution in [0.25, 0.3) is 0 Å². The van der Waals surface area contributed by atoms with Gasteiger partial charge in [0.2, 0.25) is 11.8 Å². The van der Waals surface area contributed by atoms with Gasteiger partial charge in [0.05, 0.1) is 25.7 Å². The van der Waals surface area contributed by atoms with Gasteiger partial charge in [0, 0.05) is 20.0 Å². The van der Waals surface area contributed by atoms with E-state index in [1.54, 1.807) is 12.0 Å². The first kappa shape index (κ1) is 17.3. The van der Waals surface area contributed by atoms with Crippen molar-refractivity contribution in [2.45, 2.75) is 38.3 Å². The van der Waals surface area contributed by atoms with Crippen LogP contribution >= 0.6 is 0 Å². The van der Waals surface area contributed by atoms with E-state index in [1.165, 1.54) is 6.92 Å². The molecule has 126 valence electrons. The van der Waals surface area contributed by atoms with Gasteiger partial charge in [-0.25, -0.2) is 0 Å². The Hall–Kier alpha value is -2.08. The molecule has 6 heteroatoms. The summed E-state index contributed by atoms with van der Waals surface area (Å²) in [5, 5.41) is 12.8. The SMILES string of the molecule is COc1cccc(CC(=O)N2CC[C@H](NC(C)=O)[C@@H](O)CC2)c1. The summed E-state index contributed by atoms with van der Waals surface area (Å²) in [6.07, 6.45) is 0.714. The van der Waals surface area contributed by atoms with Crippen LogP contribution in [-0.4, -0.2) is 54.2 Å². The summed E-state index contributed by atoms with van der Waals surface area (Å²) in [5.41, 5.74) is 0.901. The monoisotopic (exact) mass is 320 g/mol. The quantitative estimate of drug-likeness (QED) is 0.857. The van der Waals surface area contributed by atoms with Crippen LogP contribution in [-0.2, 0) is 16.0 Å². The van der Waals surface area contributed by atoms with E-state index >= 15 is 0 Å². The number of methoxy groups -OCH3 is 1. The number of carbonyl (C=O) groups is 2. The summed E-state index contributed by atoms with van der Waals surface area (Å²) < 4.78 is 5.17. The minimum absolute atomic E-state index is 0.0222. The second-order valence-corrected chi connectivity index (χ2v) is 5.86. The van der Waals surface area contributed by atoms with E-state index in [4.69, 9.17) is 4.74 Å². The lowest BCUT2D eigenvalue weighted by atomic mass is 10.1. The number of rotatable bonds is 4. The maximum atomic E-state index is 12.5. The van der Waals surface area contributed by atoms with Crippen molar-refractivity contribution in [3.05, 3.63) is 29.8 Å². The van der Waals surface area contributed by atoms with E-state index in [0.717, 1.165) is 11.3 Å². The molecule has 2 rings (SSSR count). The molecule has 0 saturated carbocycles. The molecule has 1 aliphatic rings. The average Bonchev–Trinajstić information content (AvgIpc) is 2.70. The van der Waals surface area contributed by atoms with Crippen molar-refractivity contribution in [2.75, 3.05) is 20.2 Å². The number of hydrogen-bond acceptors (Lipinski definition) is 4. The van der Waals surface area contributed by atoms with Crippen LogP contribution < -0.4 is 10.1 Å². The fraction of sp³-hybridized carbons (Fsp3) is 0.529. The standard InChI is InChI=1S/C17H24N2O4/c1-12(20)18-15-6-8-19(9-7-16(15)21)17(22)11-13-4-3-5-14(10-13)23-2/h3-5,10,15-16,21H,6-9,11H2,1-2H3,(H,18,20)/t15-,16-/m0/s1. The summed E-state index contributed by atoms with van der Waals surface area (Å²) in [7, 11) is 1.60. The van der Waals surface area contributed by atoms with Gasteiger partial charge in [0.25, 0.3) is 0 Å². The molecule has 0 radical (unpaired) electrons. The highest BCUT2D eigenvalue weighted by Gasteiger charge is 2.27. The topological polar surface area (TPSA) is 78.9 Å². The Bertz CT molecular complexity index is 561. The zero-order chi connectivity index (χ0) is 16.8. The zero-order valence-corrected chi connectivity index (χ0v) is 13.6. The summed E-state index contributed by atoms with van der Waals surface area (Å²) >= 11 is 0. The Morgan fingerprint density at radius 3 is 2.78 bits per heavy atom. The molecule has 0 aromatic heterocycles. The Morgan fingerprint density at radius 1 is 1.35 bits per heavy atom. The van der Waals surface area contributed by atoms with Crippen molar-refractivity contribution in [3.63, 3.8) is 0 Å². The number of hydrogen-bond donors (Lipinski definition) is 2. The van der Waals surface area contributed by atoms with Crippen LogP contribution in [0.15, 0.2) is 24.3 Å². The zero-order valence-electron chi connectivity index (χ0n) is 13.6. The molecule has 2 atom stereocenters. The molecule has 1 saturated heterocycles. The van der Waals surface area contributed by atoms with Gasteiger partial charge in [-0.1, -0.05) is 12.1 Å². The largest absolute Gasteiger partial charge is 0.497 e. The summed E-state index contributed by atoms with van der Waals surface area (Å²) in [6.45, 7) is 2.47. The fourth-order valence-electron chi connectivity index (χ4n) is 2.84. The first-order chi connectivity index (χ1) is 11.0. The predicted octanol–water partition coefficient (Wildman–Crippen LogP) is 0.726. The van der Waals surface area contributed by atoms with Gasteiger partial charge < -0.3 is 20.1 Å². The number of nitrogens with one attached hydrogen (secondary N) is 1. The van der Waals surface area contributed by atoms with E-state index in [9.17, 15) is 14.7 Å². The van der Waals surface area contributed by atoms with Gasteiger partial charge in [0.15, 0.2) is 0 Å². The van der Waals surface area contributed by atoms with Crippen LogP contribution in [0.4, 0.5) is 0 Å². The average molecular weight is 320 g/mol. The summed E-state index contributed by atoms with van der Waals surface area (Å²) in [4.78, 5) is 25.4. The van der Waals surface area contributed by atoms with Crippen LogP contribution in [0, 0.1) is 0 Å². The lowest BCUT2D eigenvalue weighted by Crippen LogP contribution is -2.42. The first-order valence-electron chi connectivity index (χ1n) is 7.85. The molecular weight excluding hydrogens is 296 g/mol. The third-order valence-electron chi connectivity index (χ3n) is 4.10. The van der Waals surface area contributed by atoms with Gasteiger partial charge in [-0.2, -0.15) is 0 Å². The van der Waals surface area contributed by atoms with Gasteiger partial charge in [-0.05, 0) is 30.5 Å². The third-order valence-corrected chi connectivity index (χ3v) is 4.10. The molecule has 2 amide bonds. The number of nitrogens with zero attached hydrogens (tertiary/aromatic N) is 1. The number of amides is 2. The highest BCUT2D eigenvalue weighted by molar-refractivity contribution is 5.79. The number of aliphatic hydroxyl groups excluding tert-OH is 1. The van der Waals surface area contributed by atoms with Crippen LogP contribution in [0.3, 0.4) is 0 Å². The molecule has 6 nitrogen and oxygen atoms in total. The lowest BCUT2D eigenvalue weighted by Gasteiger charge is -2.21. The van der Waals surface area contributed by atoms with Crippen molar-refractivity contribution in [3.8, 4) is 5.75 Å². The van der Waals surface area contributed by atoms with Crippen LogP contribution in [0.5, 0.6) is 5.75 Å². The molecule has 23 heavy (non-hydrogen) atoms. The maximum absolute atomic E-state index is 12.5. The minimum Gasteiger partial charge on any atom is -0.497 e. The minimum atomic E-state index is -0.617. The van der Waals surface area contributed by atoms with E-state index in [2.05, 4.69) is 5.32 Å². The van der Waals surface area contributed by atoms with Gasteiger partial charge in [0.1, 0.15) is 5.75 Å². The third kappa shape index (κ3) is 4.96. The lowest BCUT2D eigenvalue weighted by molar-refractivity contribution is -0.130. The Balaban J connectivity index is 1.95. The molecule has 0 bridgehead atoms. The number of aliphatic hydroxyl groups is 1. The van der Waals surface area contributed by atoms with Crippen LogP contribution in [0.1, 0.15) is 25.3 Å². The Labute approximate surface area is 136 Å². The van der Waals surface area contributed by atoms with E-state index in [1.807, 2.05) is 24.3 Å². The number of benzene rings is 1. The van der Waals surface area contributed by atoms with Crippen LogP contribution in [0.2, 0.25) is 0 Å². The van der Waals surface area contributed by atoms with Gasteiger partial charge >= 0.3 is 0 Å². The smallest absolute Gasteiger partial charge is 0.226 e. The van der Waals surface area contributed by atoms with Crippen molar-refractivity contribution in [1.82, 2.24) is 10.2 Å². The maximum Gasteiger partial charge on any atom is 0.226 e. The number of carbonyl (C=O) groups excluding carboxylic acids is 2. The molecule has 0 spiro atoms. The second kappa shape index (κ2) is 7.97. The molecule has 0 unspecified atom stereocenters. The Morgan fingerprint density at radius 2 is 2.09 bits per heavy atom. The highest BCUT2D eigenvalue weighted by atomic mass is 16.5. The van der Waals surface area contributed by atoms with E-state index in [-0.39, 0.29) is 17.9 Å². The van der Waals surface area contributed by atoms with Gasteiger partial charge in [-0.3, -0.25) is 9.59 Å². The fourth-order valence-corrected chi connectivity index (χ4v) is 2.84. The highest BCUT2D eigenvalue weighted by Crippen LogP contribution is 2.16. The molecule has 1 aliphatic heterocycles. The summed E-state index contributed by atoms with van der Waals surface area (Å²) in [6, 6.07) is 7.16. The van der Waals surface area contributed by atoms with Crippen molar-refractivity contribution >= 4 is 11.8 Å². The second-order valence-electron chi connectivity index (χ2n) is 5.86. The first-order valence-corrected chi connectivity index (χ1v) is 7.85. The molecule has 1 fully saturated rings. The Kier molecular flexibility index (Phi) is 5.98. The number of ether oxygens (including phenoxy) is 1. The molecule has 2 N–H and O–H groups in total. The normalized spacial score (nSPS) is 21.4. The molecule has 0 aliphatic carbocycles. The summed E-state index contributed by atoms with van der Waals surface area (Å²) in [5.74, 6) is 0.589. The van der Waals surface area contributed by atoms with E-state index < -0.39 is 6.10 Å². The van der Waals surface area contributed by atoms with Crippen molar-refractivity contribution < 1.29 is 19.4 Å². The molecule has 1 aromatic carbocycles. The molecular formula is C17H24N2O4.